The van der Waals surface area contributed by atoms with Crippen molar-refractivity contribution in [3.05, 3.63) is 30.7 Å². The quantitative estimate of drug-likeness (QED) is 0.776. The number of amides is 1. The molecule has 0 radical (unpaired) electrons. The largest absolute Gasteiger partial charge is 0.311 e. The van der Waals surface area contributed by atoms with Crippen LogP contribution in [-0.4, -0.2) is 25.9 Å². The van der Waals surface area contributed by atoms with Crippen LogP contribution in [0.1, 0.15) is 6.92 Å². The van der Waals surface area contributed by atoms with Crippen LogP contribution in [0.3, 0.4) is 0 Å². The minimum Gasteiger partial charge on any atom is -0.311 e. The summed E-state index contributed by atoms with van der Waals surface area (Å²) in [7, 11) is 0. The fraction of sp³-hybridized carbons (Fsp3) is 0.111. The van der Waals surface area contributed by atoms with Crippen LogP contribution in [0.2, 0.25) is 0 Å². The number of hydrogen-bond donors (Lipinski definition) is 1. The van der Waals surface area contributed by atoms with Gasteiger partial charge in [-0.05, 0) is 6.07 Å². The minimum atomic E-state index is -0.154. The molecule has 1 N–H and O–H groups in total. The highest BCUT2D eigenvalue weighted by molar-refractivity contribution is 5.87. The molecule has 0 saturated heterocycles. The van der Waals surface area contributed by atoms with Crippen LogP contribution in [0.15, 0.2) is 30.7 Å². The standard InChI is InChI=1S/C9H9N5O/c1-7(15)12-9-6-8(2-3-10-9)14-5-4-11-13-14/h2-6H,1H3,(H,10,12,15). The molecule has 6 nitrogen and oxygen atoms in total. The Bertz CT molecular complexity index is 465. The smallest absolute Gasteiger partial charge is 0.222 e. The molecule has 0 aliphatic rings. The van der Waals surface area contributed by atoms with Gasteiger partial charge in [-0.2, -0.15) is 0 Å². The lowest BCUT2D eigenvalue weighted by Gasteiger charge is -2.03. The first-order chi connectivity index (χ1) is 7.25. The van der Waals surface area contributed by atoms with Crippen LogP contribution < -0.4 is 5.32 Å². The van der Waals surface area contributed by atoms with Gasteiger partial charge in [-0.25, -0.2) is 9.67 Å². The predicted molar refractivity (Wildman–Crippen MR) is 53.5 cm³/mol. The zero-order valence-electron chi connectivity index (χ0n) is 8.08. The Labute approximate surface area is 85.9 Å². The Balaban J connectivity index is 2.31. The monoisotopic (exact) mass is 203 g/mol. The number of aromatic nitrogens is 4. The fourth-order valence-electron chi connectivity index (χ4n) is 1.16. The molecule has 1 amide bonds. The van der Waals surface area contributed by atoms with Crippen LogP contribution in [0.25, 0.3) is 5.69 Å². The van der Waals surface area contributed by atoms with E-state index in [2.05, 4.69) is 20.6 Å². The van der Waals surface area contributed by atoms with Crippen molar-refractivity contribution in [2.24, 2.45) is 0 Å². The minimum absolute atomic E-state index is 0.154. The zero-order valence-corrected chi connectivity index (χ0v) is 8.08. The van der Waals surface area contributed by atoms with Crippen LogP contribution in [-0.2, 0) is 4.79 Å². The second-order valence-electron chi connectivity index (χ2n) is 2.93. The summed E-state index contributed by atoms with van der Waals surface area (Å²) in [6.45, 7) is 1.43. The third kappa shape index (κ3) is 2.16. The molecule has 6 heteroatoms. The summed E-state index contributed by atoms with van der Waals surface area (Å²) in [5.74, 6) is 0.341. The highest BCUT2D eigenvalue weighted by Crippen LogP contribution is 2.09. The van der Waals surface area contributed by atoms with Crippen molar-refractivity contribution in [3.8, 4) is 5.69 Å². The van der Waals surface area contributed by atoms with Crippen LogP contribution >= 0.6 is 0 Å². The maximum atomic E-state index is 10.8. The van der Waals surface area contributed by atoms with Crippen molar-refractivity contribution in [3.63, 3.8) is 0 Å². The van der Waals surface area contributed by atoms with Crippen LogP contribution in [0.4, 0.5) is 5.82 Å². The third-order valence-corrected chi connectivity index (χ3v) is 1.73. The van der Waals surface area contributed by atoms with Crippen molar-refractivity contribution in [1.82, 2.24) is 20.0 Å². The number of hydrogen-bond acceptors (Lipinski definition) is 4. The third-order valence-electron chi connectivity index (χ3n) is 1.73. The van der Waals surface area contributed by atoms with Gasteiger partial charge >= 0.3 is 0 Å². The van der Waals surface area contributed by atoms with Gasteiger partial charge in [-0.15, -0.1) is 5.10 Å². The van der Waals surface area contributed by atoms with E-state index in [1.54, 1.807) is 35.4 Å². The molecular weight excluding hydrogens is 194 g/mol. The van der Waals surface area contributed by atoms with E-state index in [4.69, 9.17) is 0 Å². The van der Waals surface area contributed by atoms with Crippen molar-refractivity contribution in [1.29, 1.82) is 0 Å². The predicted octanol–water partition coefficient (Wildman–Crippen LogP) is 0.621. The average molecular weight is 203 g/mol. The molecule has 0 saturated carbocycles. The number of pyridine rings is 1. The number of carbonyl (C=O) groups is 1. The van der Waals surface area contributed by atoms with Gasteiger partial charge in [-0.3, -0.25) is 4.79 Å². The zero-order chi connectivity index (χ0) is 10.7. The van der Waals surface area contributed by atoms with Crippen LogP contribution in [0, 0.1) is 0 Å². The summed E-state index contributed by atoms with van der Waals surface area (Å²) in [5.41, 5.74) is 0.797. The van der Waals surface area contributed by atoms with E-state index in [1.807, 2.05) is 0 Å². The lowest BCUT2D eigenvalue weighted by Crippen LogP contribution is -2.08. The second kappa shape index (κ2) is 3.87. The molecule has 2 heterocycles. The van der Waals surface area contributed by atoms with Gasteiger partial charge < -0.3 is 5.32 Å². The van der Waals surface area contributed by atoms with E-state index >= 15 is 0 Å². The average Bonchev–Trinajstić information content (AvgIpc) is 2.69. The molecular formula is C9H9N5O. The van der Waals surface area contributed by atoms with E-state index in [0.29, 0.717) is 5.82 Å². The number of rotatable bonds is 2. The van der Waals surface area contributed by atoms with Gasteiger partial charge in [0, 0.05) is 19.2 Å². The van der Waals surface area contributed by atoms with Crippen molar-refractivity contribution in [2.45, 2.75) is 6.92 Å². The molecule has 2 rings (SSSR count). The van der Waals surface area contributed by atoms with Gasteiger partial charge in [0.1, 0.15) is 5.82 Å². The van der Waals surface area contributed by atoms with Gasteiger partial charge in [0.2, 0.25) is 5.91 Å². The Hall–Kier alpha value is -2.24. The Kier molecular flexibility index (Phi) is 2.40. The lowest BCUT2D eigenvalue weighted by atomic mass is 10.4. The van der Waals surface area contributed by atoms with Crippen molar-refractivity contribution >= 4 is 11.7 Å². The summed E-state index contributed by atoms with van der Waals surface area (Å²) in [4.78, 5) is 14.8. The van der Waals surface area contributed by atoms with Gasteiger partial charge in [-0.1, -0.05) is 5.21 Å². The maximum Gasteiger partial charge on any atom is 0.222 e. The molecule has 0 aliphatic heterocycles. The van der Waals surface area contributed by atoms with E-state index < -0.39 is 0 Å². The summed E-state index contributed by atoms with van der Waals surface area (Å²) in [6.07, 6.45) is 4.90. The highest BCUT2D eigenvalue weighted by atomic mass is 16.1. The van der Waals surface area contributed by atoms with E-state index in [0.717, 1.165) is 5.69 Å². The van der Waals surface area contributed by atoms with E-state index in [-0.39, 0.29) is 5.91 Å². The Morgan fingerprint density at radius 2 is 2.33 bits per heavy atom. The number of nitrogens with zero attached hydrogens (tertiary/aromatic N) is 4. The number of nitrogens with one attached hydrogen (secondary N) is 1. The first-order valence-corrected chi connectivity index (χ1v) is 4.36. The van der Waals surface area contributed by atoms with E-state index in [1.165, 1.54) is 6.92 Å². The number of carbonyl (C=O) groups excluding carboxylic acids is 1. The summed E-state index contributed by atoms with van der Waals surface area (Å²) >= 11 is 0. The Morgan fingerprint density at radius 3 is 3.00 bits per heavy atom. The Morgan fingerprint density at radius 1 is 1.47 bits per heavy atom. The molecule has 15 heavy (non-hydrogen) atoms. The SMILES string of the molecule is CC(=O)Nc1cc(-n2ccnn2)ccn1. The topological polar surface area (TPSA) is 72.7 Å². The second-order valence-corrected chi connectivity index (χ2v) is 2.93. The van der Waals surface area contributed by atoms with Crippen LogP contribution in [0.5, 0.6) is 0 Å². The highest BCUT2D eigenvalue weighted by Gasteiger charge is 2.00. The van der Waals surface area contributed by atoms with Gasteiger partial charge in [0.05, 0.1) is 18.1 Å². The van der Waals surface area contributed by atoms with Crippen molar-refractivity contribution < 1.29 is 4.79 Å². The van der Waals surface area contributed by atoms with Crippen molar-refractivity contribution in [2.75, 3.05) is 5.32 Å². The molecule has 0 fully saturated rings. The molecule has 0 aromatic carbocycles. The molecule has 2 aromatic rings. The summed E-state index contributed by atoms with van der Waals surface area (Å²) in [6, 6.07) is 3.50. The molecule has 0 spiro atoms. The lowest BCUT2D eigenvalue weighted by molar-refractivity contribution is -0.114. The molecule has 0 unspecified atom stereocenters. The molecule has 0 aliphatic carbocycles. The normalized spacial score (nSPS) is 9.93. The fourth-order valence-corrected chi connectivity index (χ4v) is 1.16. The maximum absolute atomic E-state index is 10.8. The summed E-state index contributed by atoms with van der Waals surface area (Å²) < 4.78 is 1.59. The molecule has 0 bridgehead atoms. The van der Waals surface area contributed by atoms with Gasteiger partial charge in [0.25, 0.3) is 0 Å². The molecule has 0 atom stereocenters. The molecule has 2 aromatic heterocycles. The summed E-state index contributed by atoms with van der Waals surface area (Å²) in [5, 5.41) is 10.1. The van der Waals surface area contributed by atoms with E-state index in [9.17, 15) is 4.79 Å². The molecule has 76 valence electrons. The first-order valence-electron chi connectivity index (χ1n) is 4.36. The van der Waals surface area contributed by atoms with Gasteiger partial charge in [0.15, 0.2) is 0 Å². The first kappa shape index (κ1) is 9.32. The number of anilines is 1.